The lowest BCUT2D eigenvalue weighted by Crippen LogP contribution is -2.57. The number of nitrogens with one attached hydrogen (secondary N) is 2. The smallest absolute Gasteiger partial charge is 0.318 e. The van der Waals surface area contributed by atoms with Crippen molar-refractivity contribution in [3.05, 3.63) is 188 Å². The number of hydrogen-bond donors (Lipinski definition) is 2. The van der Waals surface area contributed by atoms with Crippen LogP contribution in [-0.2, 0) is 30.8 Å². The monoisotopic (exact) mass is 894 g/mol. The van der Waals surface area contributed by atoms with Gasteiger partial charge < -0.3 is 29.7 Å². The van der Waals surface area contributed by atoms with Gasteiger partial charge in [0.15, 0.2) is 17.6 Å². The molecular formula is C53H52Cl2N4O5. The van der Waals surface area contributed by atoms with Crippen molar-refractivity contribution in [3.63, 3.8) is 0 Å². The zero-order valence-electron chi connectivity index (χ0n) is 36.5. The number of carbonyl (C=O) groups is 2. The largest absolute Gasteiger partial charge is 0.489 e. The third-order valence-electron chi connectivity index (χ3n) is 12.3. The van der Waals surface area contributed by atoms with Gasteiger partial charge in [0.25, 0.3) is 0 Å². The van der Waals surface area contributed by atoms with Crippen molar-refractivity contribution >= 4 is 35.1 Å². The summed E-state index contributed by atoms with van der Waals surface area (Å²) in [4.78, 5) is 35.0. The highest BCUT2D eigenvalue weighted by Crippen LogP contribution is 2.41. The predicted molar refractivity (Wildman–Crippen MR) is 253 cm³/mol. The van der Waals surface area contributed by atoms with Crippen molar-refractivity contribution in [1.29, 1.82) is 0 Å². The summed E-state index contributed by atoms with van der Waals surface area (Å²) in [6.45, 7) is 13.2. The van der Waals surface area contributed by atoms with Gasteiger partial charge in [-0.3, -0.25) is 9.78 Å². The fourth-order valence-electron chi connectivity index (χ4n) is 8.28. The highest BCUT2D eigenvalue weighted by atomic mass is 35.5. The SMILES string of the molecule is C=C(CC)C(Cc1ccc(-c2ccnc(C)c2C)cc1)NC(=O)C1Cc2cc3c(cc2CN1C(=O)NC(C)c1ccccc1)OC(c1cccc(OCc2ccc(Cl)c(Cl)c2)c1)CO3. The van der Waals surface area contributed by atoms with Gasteiger partial charge in [0.05, 0.1) is 22.1 Å². The molecule has 0 saturated heterocycles. The standard InChI is InChI=1S/C53H52Cl2N4O5/c1-6-32(2)47(24-36-15-18-39(19-16-36)44-21-22-56-34(4)33(44)3)58-52(60)48-26-41-27-49-50(28-42(41)29-59(48)53(61)57-35(5)38-11-8-7-9-12-38)64-51(31-63-49)40-13-10-14-43(25-40)62-30-37-17-20-45(54)46(55)23-37/h7-23,25,27-28,35,47-48,51H,2,6,24,26,29-31H2,1,3-5H3,(H,57,61)(H,58,60). The topological polar surface area (TPSA) is 102 Å². The maximum absolute atomic E-state index is 14.6. The maximum Gasteiger partial charge on any atom is 0.318 e. The van der Waals surface area contributed by atoms with Gasteiger partial charge in [0, 0.05) is 24.9 Å². The zero-order chi connectivity index (χ0) is 44.9. The van der Waals surface area contributed by atoms with Gasteiger partial charge in [-0.25, -0.2) is 4.79 Å². The van der Waals surface area contributed by atoms with Crippen LogP contribution in [0.15, 0.2) is 134 Å². The van der Waals surface area contributed by atoms with E-state index in [0.29, 0.717) is 46.7 Å². The molecule has 0 bridgehead atoms. The molecule has 4 atom stereocenters. The molecule has 0 spiro atoms. The molecule has 0 saturated carbocycles. The van der Waals surface area contributed by atoms with Crippen molar-refractivity contribution < 1.29 is 23.8 Å². The molecule has 11 heteroatoms. The van der Waals surface area contributed by atoms with E-state index in [9.17, 15) is 9.59 Å². The van der Waals surface area contributed by atoms with E-state index in [1.54, 1.807) is 17.0 Å². The van der Waals surface area contributed by atoms with Gasteiger partial charge in [0.2, 0.25) is 5.91 Å². The van der Waals surface area contributed by atoms with Crippen LogP contribution in [0.4, 0.5) is 4.79 Å². The Morgan fingerprint density at radius 3 is 2.41 bits per heavy atom. The Hall–Kier alpha value is -6.29. The van der Waals surface area contributed by atoms with Gasteiger partial charge in [-0.2, -0.15) is 0 Å². The molecule has 3 amide bonds. The number of aryl methyl sites for hydroxylation is 1. The van der Waals surface area contributed by atoms with Crippen LogP contribution in [0.5, 0.6) is 17.2 Å². The number of ether oxygens (including phenoxy) is 3. The minimum absolute atomic E-state index is 0.189. The normalized spacial score (nSPS) is 16.2. The Kier molecular flexibility index (Phi) is 13.6. The second kappa shape index (κ2) is 19.6. The van der Waals surface area contributed by atoms with Gasteiger partial charge in [0.1, 0.15) is 25.0 Å². The molecular weight excluding hydrogens is 844 g/mol. The van der Waals surface area contributed by atoms with Gasteiger partial charge in [-0.1, -0.05) is 115 Å². The molecule has 8 rings (SSSR count). The number of carbonyl (C=O) groups excluding carboxylic acids is 2. The first-order valence-corrected chi connectivity index (χ1v) is 22.4. The minimum atomic E-state index is -0.801. The van der Waals surface area contributed by atoms with Crippen LogP contribution in [0.25, 0.3) is 11.1 Å². The molecule has 0 fully saturated rings. The summed E-state index contributed by atoms with van der Waals surface area (Å²) in [5.41, 5.74) is 10.9. The number of benzene rings is 5. The van der Waals surface area contributed by atoms with E-state index in [2.05, 4.69) is 53.4 Å². The summed E-state index contributed by atoms with van der Waals surface area (Å²) in [5.74, 6) is 1.59. The van der Waals surface area contributed by atoms with E-state index in [1.807, 2.05) is 106 Å². The molecule has 3 heterocycles. The van der Waals surface area contributed by atoms with E-state index in [-0.39, 0.29) is 43.6 Å². The van der Waals surface area contributed by atoms with Crippen molar-refractivity contribution in [2.24, 2.45) is 0 Å². The van der Waals surface area contributed by atoms with E-state index >= 15 is 0 Å². The number of halogens is 2. The first kappa shape index (κ1) is 44.3. The number of aromatic nitrogens is 1. The number of nitrogens with zero attached hydrogens (tertiary/aromatic N) is 2. The van der Waals surface area contributed by atoms with Gasteiger partial charge in [-0.05, 0) is 126 Å². The molecule has 5 aromatic carbocycles. The third-order valence-corrected chi connectivity index (χ3v) is 13.0. The second-order valence-electron chi connectivity index (χ2n) is 16.6. The summed E-state index contributed by atoms with van der Waals surface area (Å²) < 4.78 is 19.0. The minimum Gasteiger partial charge on any atom is -0.489 e. The Bertz CT molecular complexity index is 2670. The Balaban J connectivity index is 1.01. The van der Waals surface area contributed by atoms with Crippen LogP contribution < -0.4 is 24.8 Å². The van der Waals surface area contributed by atoms with Crippen LogP contribution in [0.2, 0.25) is 10.0 Å². The molecule has 328 valence electrons. The lowest BCUT2D eigenvalue weighted by Gasteiger charge is -2.38. The van der Waals surface area contributed by atoms with Crippen LogP contribution >= 0.6 is 23.2 Å². The van der Waals surface area contributed by atoms with Crippen molar-refractivity contribution in [3.8, 4) is 28.4 Å². The molecule has 2 aliphatic rings. The van der Waals surface area contributed by atoms with Crippen LogP contribution in [0, 0.1) is 13.8 Å². The Morgan fingerprint density at radius 1 is 0.875 bits per heavy atom. The molecule has 0 radical (unpaired) electrons. The summed E-state index contributed by atoms with van der Waals surface area (Å²) in [7, 11) is 0. The summed E-state index contributed by atoms with van der Waals surface area (Å²) >= 11 is 12.3. The number of pyridine rings is 1. The molecule has 4 unspecified atom stereocenters. The molecule has 2 N–H and O–H groups in total. The third kappa shape index (κ3) is 10.1. The molecule has 1 aromatic heterocycles. The number of urea groups is 1. The first-order chi connectivity index (χ1) is 30.9. The second-order valence-corrected chi connectivity index (χ2v) is 17.4. The average Bonchev–Trinajstić information content (AvgIpc) is 3.31. The number of rotatable bonds is 13. The Morgan fingerprint density at radius 2 is 1.64 bits per heavy atom. The van der Waals surface area contributed by atoms with Crippen LogP contribution in [-0.4, -0.2) is 40.5 Å². The molecule has 6 aromatic rings. The van der Waals surface area contributed by atoms with Crippen LogP contribution in [0.3, 0.4) is 0 Å². The Labute approximate surface area is 385 Å². The fourth-order valence-corrected chi connectivity index (χ4v) is 8.60. The van der Waals surface area contributed by atoms with E-state index in [4.69, 9.17) is 37.4 Å². The summed E-state index contributed by atoms with van der Waals surface area (Å²) in [6, 6.07) is 35.5. The number of fused-ring (bicyclic) bond motifs is 2. The summed E-state index contributed by atoms with van der Waals surface area (Å²) in [6.07, 6.45) is 2.96. The first-order valence-electron chi connectivity index (χ1n) is 21.7. The maximum atomic E-state index is 14.6. The van der Waals surface area contributed by atoms with E-state index < -0.39 is 12.1 Å². The van der Waals surface area contributed by atoms with Crippen molar-refractivity contribution in [2.45, 2.75) is 84.3 Å². The number of hydrogen-bond acceptors (Lipinski definition) is 6. The quantitative estimate of drug-likeness (QED) is 0.112. The van der Waals surface area contributed by atoms with Crippen LogP contribution in [0.1, 0.15) is 77.1 Å². The van der Waals surface area contributed by atoms with Crippen molar-refractivity contribution in [2.75, 3.05) is 6.61 Å². The van der Waals surface area contributed by atoms with Crippen molar-refractivity contribution in [1.82, 2.24) is 20.5 Å². The van der Waals surface area contributed by atoms with Gasteiger partial charge >= 0.3 is 6.03 Å². The molecule has 2 aliphatic heterocycles. The highest BCUT2D eigenvalue weighted by Gasteiger charge is 2.38. The molecule has 64 heavy (non-hydrogen) atoms. The molecule has 9 nitrogen and oxygen atoms in total. The number of amides is 3. The fraction of sp³-hybridized carbons (Fsp3) is 0.264. The average molecular weight is 896 g/mol. The highest BCUT2D eigenvalue weighted by molar-refractivity contribution is 6.42. The van der Waals surface area contributed by atoms with E-state index in [1.165, 1.54) is 0 Å². The zero-order valence-corrected chi connectivity index (χ0v) is 38.0. The molecule has 0 aliphatic carbocycles. The summed E-state index contributed by atoms with van der Waals surface area (Å²) in [5, 5.41) is 7.45. The predicted octanol–water partition coefficient (Wildman–Crippen LogP) is 11.7. The lowest BCUT2D eigenvalue weighted by atomic mass is 9.91. The van der Waals surface area contributed by atoms with E-state index in [0.717, 1.165) is 61.3 Å². The lowest BCUT2D eigenvalue weighted by molar-refractivity contribution is -0.126. The van der Waals surface area contributed by atoms with Gasteiger partial charge in [-0.15, -0.1) is 0 Å².